The van der Waals surface area contributed by atoms with Crippen molar-refractivity contribution in [3.05, 3.63) is 28.5 Å². The first-order valence-electron chi connectivity index (χ1n) is 7.03. The van der Waals surface area contributed by atoms with E-state index in [0.717, 1.165) is 32.0 Å². The van der Waals surface area contributed by atoms with Gasteiger partial charge in [-0.3, -0.25) is 0 Å². The van der Waals surface area contributed by atoms with Crippen molar-refractivity contribution in [3.8, 4) is 0 Å². The van der Waals surface area contributed by atoms with Crippen molar-refractivity contribution in [1.29, 1.82) is 0 Å². The number of ether oxygens (including phenoxy) is 1. The molecule has 0 unspecified atom stereocenters. The van der Waals surface area contributed by atoms with Crippen molar-refractivity contribution in [2.24, 2.45) is 5.41 Å². The lowest BCUT2D eigenvalue weighted by Crippen LogP contribution is -2.47. The molecule has 0 bridgehead atoms. The minimum Gasteiger partial charge on any atom is -0.384 e. The van der Waals surface area contributed by atoms with E-state index >= 15 is 0 Å². The van der Waals surface area contributed by atoms with E-state index in [0.29, 0.717) is 11.1 Å². The van der Waals surface area contributed by atoms with Crippen LogP contribution in [0.1, 0.15) is 12.8 Å². The van der Waals surface area contributed by atoms with E-state index in [1.165, 1.54) is 12.1 Å². The molecular weight excluding hydrogens is 411 g/mol. The zero-order valence-electron chi connectivity index (χ0n) is 12.8. The number of halogens is 3. The molecule has 1 aliphatic heterocycles. The van der Waals surface area contributed by atoms with Gasteiger partial charge in [0, 0.05) is 23.5 Å². The Balaban J connectivity index is 0.00000264. The summed E-state index contributed by atoms with van der Waals surface area (Å²) in [7, 11) is -2.30. The molecule has 0 radical (unpaired) electrons. The van der Waals surface area contributed by atoms with Crippen molar-refractivity contribution in [3.63, 3.8) is 0 Å². The van der Waals surface area contributed by atoms with Crippen molar-refractivity contribution < 1.29 is 17.5 Å². The van der Waals surface area contributed by atoms with Crippen molar-refractivity contribution in [2.45, 2.75) is 17.7 Å². The fraction of sp³-hybridized carbons (Fsp3) is 0.571. The van der Waals surface area contributed by atoms with Crippen LogP contribution in [0.2, 0.25) is 0 Å². The third-order valence-electron chi connectivity index (χ3n) is 3.93. The molecule has 1 aromatic carbocycles. The van der Waals surface area contributed by atoms with Crippen LogP contribution in [0.4, 0.5) is 4.39 Å². The number of benzene rings is 1. The molecule has 0 atom stereocenters. The SMILES string of the molecule is COCC1(CNS(=O)(=O)c2cc(Br)ccc2F)CCNCC1.Cl. The Morgan fingerprint density at radius 1 is 1.39 bits per heavy atom. The van der Waals surface area contributed by atoms with Gasteiger partial charge in [0.05, 0.1) is 6.61 Å². The smallest absolute Gasteiger partial charge is 0.243 e. The molecule has 0 aliphatic carbocycles. The maximum atomic E-state index is 13.8. The maximum Gasteiger partial charge on any atom is 0.243 e. The average Bonchev–Trinajstić information content (AvgIpc) is 2.49. The molecule has 23 heavy (non-hydrogen) atoms. The summed E-state index contributed by atoms with van der Waals surface area (Å²) in [5.41, 5.74) is -0.254. The summed E-state index contributed by atoms with van der Waals surface area (Å²) in [6, 6.07) is 3.87. The van der Waals surface area contributed by atoms with Crippen LogP contribution in [-0.4, -0.2) is 41.8 Å². The molecule has 0 spiro atoms. The molecule has 132 valence electrons. The summed E-state index contributed by atoms with van der Waals surface area (Å²) >= 11 is 3.16. The van der Waals surface area contributed by atoms with Gasteiger partial charge in [0.25, 0.3) is 0 Å². The molecule has 0 saturated carbocycles. The number of rotatable bonds is 6. The number of sulfonamides is 1. The van der Waals surface area contributed by atoms with E-state index in [1.807, 2.05) is 0 Å². The number of methoxy groups -OCH3 is 1. The average molecular weight is 432 g/mol. The lowest BCUT2D eigenvalue weighted by molar-refractivity contribution is 0.0577. The standard InChI is InChI=1S/C14H20BrFN2O3S.ClH/c1-21-10-14(4-6-17-7-5-14)9-18-22(19,20)13-8-11(15)2-3-12(13)16;/h2-3,8,17-18H,4-7,9-10H2,1H3;1H. The summed E-state index contributed by atoms with van der Waals surface area (Å²) in [4.78, 5) is -0.344. The van der Waals surface area contributed by atoms with Gasteiger partial charge in [-0.1, -0.05) is 15.9 Å². The zero-order chi connectivity index (χ0) is 16.2. The summed E-state index contributed by atoms with van der Waals surface area (Å²) in [6.45, 7) is 2.33. The molecule has 0 amide bonds. The van der Waals surface area contributed by atoms with Crippen LogP contribution < -0.4 is 10.0 Å². The molecular formula is C14H21BrClFN2O3S. The molecule has 1 saturated heterocycles. The van der Waals surface area contributed by atoms with Gasteiger partial charge in [0.1, 0.15) is 10.7 Å². The predicted octanol–water partition coefficient (Wildman–Crippen LogP) is 2.30. The highest BCUT2D eigenvalue weighted by Crippen LogP contribution is 2.29. The molecule has 9 heteroatoms. The molecule has 2 N–H and O–H groups in total. The normalized spacial score (nSPS) is 17.5. The number of nitrogens with one attached hydrogen (secondary N) is 2. The van der Waals surface area contributed by atoms with E-state index < -0.39 is 15.8 Å². The van der Waals surface area contributed by atoms with Gasteiger partial charge in [-0.25, -0.2) is 17.5 Å². The molecule has 0 aromatic heterocycles. The van der Waals surface area contributed by atoms with Crippen LogP contribution in [-0.2, 0) is 14.8 Å². The summed E-state index contributed by atoms with van der Waals surface area (Å²) in [6.07, 6.45) is 1.62. The zero-order valence-corrected chi connectivity index (χ0v) is 16.0. The van der Waals surface area contributed by atoms with Crippen LogP contribution in [0, 0.1) is 11.2 Å². The monoisotopic (exact) mass is 430 g/mol. The highest BCUT2D eigenvalue weighted by molar-refractivity contribution is 9.10. The van der Waals surface area contributed by atoms with Crippen LogP contribution >= 0.6 is 28.3 Å². The predicted molar refractivity (Wildman–Crippen MR) is 92.9 cm³/mol. The Hall–Kier alpha value is -0.250. The first-order chi connectivity index (χ1) is 10.4. The first kappa shape index (κ1) is 20.8. The first-order valence-corrected chi connectivity index (χ1v) is 9.31. The summed E-state index contributed by atoms with van der Waals surface area (Å²) in [5, 5.41) is 3.24. The Morgan fingerprint density at radius 2 is 2.04 bits per heavy atom. The Kier molecular flexibility index (Phi) is 7.89. The lowest BCUT2D eigenvalue weighted by atomic mass is 9.80. The minimum atomic E-state index is -3.90. The molecule has 1 aliphatic rings. The van der Waals surface area contributed by atoms with E-state index in [4.69, 9.17) is 4.74 Å². The fourth-order valence-corrected chi connectivity index (χ4v) is 4.42. The van der Waals surface area contributed by atoms with E-state index in [9.17, 15) is 12.8 Å². The van der Waals surface area contributed by atoms with Crippen LogP contribution in [0.15, 0.2) is 27.6 Å². The van der Waals surface area contributed by atoms with Crippen molar-refractivity contribution >= 4 is 38.4 Å². The number of hydrogen-bond acceptors (Lipinski definition) is 4. The maximum absolute atomic E-state index is 13.8. The quantitative estimate of drug-likeness (QED) is 0.725. The van der Waals surface area contributed by atoms with E-state index in [1.54, 1.807) is 7.11 Å². The second-order valence-electron chi connectivity index (χ2n) is 5.58. The van der Waals surface area contributed by atoms with E-state index in [2.05, 4.69) is 26.0 Å². The fourth-order valence-electron chi connectivity index (χ4n) is 2.64. The molecule has 1 fully saturated rings. The highest BCUT2D eigenvalue weighted by atomic mass is 79.9. The van der Waals surface area contributed by atoms with Gasteiger partial charge in [0.2, 0.25) is 10.0 Å². The second kappa shape index (κ2) is 8.73. The van der Waals surface area contributed by atoms with E-state index in [-0.39, 0.29) is 29.3 Å². The molecule has 1 aromatic rings. The van der Waals surface area contributed by atoms with Crippen LogP contribution in [0.3, 0.4) is 0 Å². The summed E-state index contributed by atoms with van der Waals surface area (Å²) in [5.74, 6) is -0.762. The van der Waals surface area contributed by atoms with Crippen LogP contribution in [0.25, 0.3) is 0 Å². The van der Waals surface area contributed by atoms with Gasteiger partial charge in [0.15, 0.2) is 0 Å². The third kappa shape index (κ3) is 5.37. The van der Waals surface area contributed by atoms with Gasteiger partial charge in [-0.2, -0.15) is 0 Å². The number of piperidine rings is 1. The largest absolute Gasteiger partial charge is 0.384 e. The van der Waals surface area contributed by atoms with Gasteiger partial charge < -0.3 is 10.1 Å². The Bertz CT molecular complexity index is 619. The lowest BCUT2D eigenvalue weighted by Gasteiger charge is -2.37. The summed E-state index contributed by atoms with van der Waals surface area (Å²) < 4.78 is 46.8. The Labute approximate surface area is 151 Å². The molecule has 2 rings (SSSR count). The van der Waals surface area contributed by atoms with Crippen molar-refractivity contribution in [1.82, 2.24) is 10.0 Å². The molecule has 1 heterocycles. The third-order valence-corrected chi connectivity index (χ3v) is 5.84. The number of hydrogen-bond donors (Lipinski definition) is 2. The topological polar surface area (TPSA) is 67.4 Å². The minimum absolute atomic E-state index is 0. The molecule has 5 nitrogen and oxygen atoms in total. The van der Waals surface area contributed by atoms with Crippen molar-refractivity contribution in [2.75, 3.05) is 33.4 Å². The Morgan fingerprint density at radius 3 is 2.65 bits per heavy atom. The second-order valence-corrected chi connectivity index (χ2v) is 8.23. The van der Waals surface area contributed by atoms with Gasteiger partial charge >= 0.3 is 0 Å². The van der Waals surface area contributed by atoms with Gasteiger partial charge in [-0.05, 0) is 44.1 Å². The van der Waals surface area contributed by atoms with Crippen LogP contribution in [0.5, 0.6) is 0 Å². The highest BCUT2D eigenvalue weighted by Gasteiger charge is 2.34. The van der Waals surface area contributed by atoms with Gasteiger partial charge in [-0.15, -0.1) is 12.4 Å².